The van der Waals surface area contributed by atoms with E-state index in [1.807, 2.05) is 0 Å². The van der Waals surface area contributed by atoms with Crippen molar-refractivity contribution in [3.05, 3.63) is 69.0 Å². The van der Waals surface area contributed by atoms with Crippen molar-refractivity contribution in [3.63, 3.8) is 0 Å². The minimum absolute atomic E-state index is 0.0123. The van der Waals surface area contributed by atoms with E-state index in [1.165, 1.54) is 17.0 Å². The largest absolute Gasteiger partial charge is 0.508 e. The normalized spacial score (nSPS) is 24.2. The van der Waals surface area contributed by atoms with Crippen LogP contribution in [0.15, 0.2) is 47.2 Å². The number of Topliss-reactive ketones (excluding diaryl/α,β-unsaturated/α-hetero) is 3. The van der Waals surface area contributed by atoms with Gasteiger partial charge in [-0.05, 0) is 75.7 Å². The van der Waals surface area contributed by atoms with Crippen LogP contribution in [-0.2, 0) is 27.3 Å². The molecule has 5 N–H and O–H groups in total. The summed E-state index contributed by atoms with van der Waals surface area (Å²) >= 11 is 5.87. The molecule has 13 heteroatoms. The zero-order valence-corrected chi connectivity index (χ0v) is 26.1. The SMILES string of the molecule is CC(=O)C1=C(O)[C@@]2(O)C(=O)C3=C(O)c4c(O)c(CNC(=O)Oc5ccc(Cl)cc5)cc(N(C)C)c4C[C@H]3C[C@H]2[C@H](N(C)C)C1=O. The minimum Gasteiger partial charge on any atom is -0.508 e. The Balaban J connectivity index is 1.57. The van der Waals surface area contributed by atoms with Crippen LogP contribution in [0.3, 0.4) is 0 Å². The van der Waals surface area contributed by atoms with Gasteiger partial charge in [0.25, 0.3) is 0 Å². The van der Waals surface area contributed by atoms with Gasteiger partial charge in [-0.25, -0.2) is 4.79 Å². The molecule has 1 amide bonds. The van der Waals surface area contributed by atoms with Gasteiger partial charge in [0.15, 0.2) is 17.2 Å². The second-order valence-electron chi connectivity index (χ2n) is 12.0. The predicted octanol–water partition coefficient (Wildman–Crippen LogP) is 3.08. The van der Waals surface area contributed by atoms with Gasteiger partial charge in [-0.1, -0.05) is 11.6 Å². The number of phenolic OH excluding ortho intramolecular Hbond substituents is 1. The van der Waals surface area contributed by atoms with E-state index >= 15 is 0 Å². The molecule has 0 saturated heterocycles. The first-order valence-corrected chi connectivity index (χ1v) is 14.6. The minimum atomic E-state index is -2.66. The molecule has 1 fully saturated rings. The molecule has 0 aliphatic heterocycles. The summed E-state index contributed by atoms with van der Waals surface area (Å²) < 4.78 is 5.25. The predicted molar refractivity (Wildman–Crippen MR) is 164 cm³/mol. The van der Waals surface area contributed by atoms with E-state index in [9.17, 15) is 39.6 Å². The molecule has 4 atom stereocenters. The Morgan fingerprint density at radius 3 is 2.31 bits per heavy atom. The topological polar surface area (TPSA) is 177 Å². The molecule has 3 aliphatic rings. The molecule has 0 unspecified atom stereocenters. The number of hydrogen-bond acceptors (Lipinski definition) is 11. The number of hydrogen-bond donors (Lipinski definition) is 5. The van der Waals surface area contributed by atoms with Crippen LogP contribution in [0, 0.1) is 11.8 Å². The first kappa shape index (κ1) is 32.0. The first-order valence-electron chi connectivity index (χ1n) is 14.2. The van der Waals surface area contributed by atoms with Gasteiger partial charge in [0.1, 0.15) is 28.6 Å². The summed E-state index contributed by atoms with van der Waals surface area (Å²) in [5, 5.41) is 49.0. The lowest BCUT2D eigenvalue weighted by molar-refractivity contribution is -0.153. The number of rotatable bonds is 6. The van der Waals surface area contributed by atoms with Crippen molar-refractivity contribution in [2.45, 2.75) is 38.0 Å². The van der Waals surface area contributed by atoms with E-state index in [0.717, 1.165) is 6.92 Å². The average Bonchev–Trinajstić information content (AvgIpc) is 2.95. The summed E-state index contributed by atoms with van der Waals surface area (Å²) in [6.07, 6.45) is -0.651. The Labute approximate surface area is 264 Å². The Morgan fingerprint density at radius 2 is 1.73 bits per heavy atom. The summed E-state index contributed by atoms with van der Waals surface area (Å²) in [7, 11) is 6.67. The number of halogens is 1. The van der Waals surface area contributed by atoms with Crippen LogP contribution < -0.4 is 15.0 Å². The number of aromatic hydroxyl groups is 1. The number of ether oxygens (including phenoxy) is 1. The highest BCUT2D eigenvalue weighted by Crippen LogP contribution is 2.54. The quantitative estimate of drug-likeness (QED) is 0.294. The van der Waals surface area contributed by atoms with E-state index < -0.39 is 69.8 Å². The third-order valence-electron chi connectivity index (χ3n) is 8.81. The smallest absolute Gasteiger partial charge is 0.412 e. The molecule has 5 rings (SSSR count). The lowest BCUT2D eigenvalue weighted by atomic mass is 9.57. The van der Waals surface area contributed by atoms with Crippen LogP contribution in [0.2, 0.25) is 5.02 Å². The molecule has 0 radical (unpaired) electrons. The van der Waals surface area contributed by atoms with Crippen LogP contribution in [0.1, 0.15) is 30.0 Å². The maximum Gasteiger partial charge on any atom is 0.412 e. The summed E-state index contributed by atoms with van der Waals surface area (Å²) in [6.45, 7) is 0.849. The molecule has 12 nitrogen and oxygen atoms in total. The van der Waals surface area contributed by atoms with Crippen LogP contribution >= 0.6 is 11.6 Å². The number of benzene rings is 2. The third kappa shape index (κ3) is 5.12. The summed E-state index contributed by atoms with van der Waals surface area (Å²) in [5.41, 5.74) is -2.30. The van der Waals surface area contributed by atoms with Crippen LogP contribution in [0.5, 0.6) is 11.5 Å². The van der Waals surface area contributed by atoms with Crippen LogP contribution in [-0.4, -0.2) is 88.6 Å². The second kappa shape index (κ2) is 11.5. The van der Waals surface area contributed by atoms with Crippen LogP contribution in [0.4, 0.5) is 10.5 Å². The number of fused-ring (bicyclic) bond motifs is 3. The number of ketones is 3. The van der Waals surface area contributed by atoms with Gasteiger partial charge in [-0.3, -0.25) is 19.3 Å². The average molecular weight is 640 g/mol. The van der Waals surface area contributed by atoms with Gasteiger partial charge in [0.05, 0.1) is 11.6 Å². The number of carbonyl (C=O) groups excluding carboxylic acids is 4. The van der Waals surface area contributed by atoms with E-state index in [0.29, 0.717) is 16.3 Å². The van der Waals surface area contributed by atoms with Gasteiger partial charge in [-0.15, -0.1) is 0 Å². The molecule has 0 bridgehead atoms. The van der Waals surface area contributed by atoms with Crippen molar-refractivity contribution in [2.75, 3.05) is 33.1 Å². The van der Waals surface area contributed by atoms with Gasteiger partial charge in [0.2, 0.25) is 5.78 Å². The van der Waals surface area contributed by atoms with E-state index in [1.54, 1.807) is 51.3 Å². The number of carbonyl (C=O) groups is 4. The molecular formula is C32H34ClN3O9. The lowest BCUT2D eigenvalue weighted by Gasteiger charge is -2.50. The third-order valence-corrected chi connectivity index (χ3v) is 9.06. The van der Waals surface area contributed by atoms with Crippen molar-refractivity contribution in [2.24, 2.45) is 11.8 Å². The Hall–Kier alpha value is -4.39. The zero-order valence-electron chi connectivity index (χ0n) is 25.3. The van der Waals surface area contributed by atoms with Gasteiger partial charge in [-0.2, -0.15) is 0 Å². The highest BCUT2D eigenvalue weighted by atomic mass is 35.5. The number of aliphatic hydroxyl groups excluding tert-OH is 2. The van der Waals surface area contributed by atoms with Crippen molar-refractivity contribution in [3.8, 4) is 11.5 Å². The molecule has 2 aromatic carbocycles. The molecule has 0 aromatic heterocycles. The molecule has 238 valence electrons. The van der Waals surface area contributed by atoms with Gasteiger partial charge >= 0.3 is 6.09 Å². The number of nitrogens with one attached hydrogen (secondary N) is 1. The number of phenols is 1. The highest BCUT2D eigenvalue weighted by Gasteiger charge is 2.64. The maximum absolute atomic E-state index is 14.1. The maximum atomic E-state index is 14.1. The van der Waals surface area contributed by atoms with E-state index in [-0.39, 0.29) is 41.8 Å². The fraction of sp³-hybridized carbons (Fsp3) is 0.375. The fourth-order valence-electron chi connectivity index (χ4n) is 6.80. The first-order chi connectivity index (χ1) is 21.1. The number of aliphatic hydroxyl groups is 3. The molecule has 0 spiro atoms. The number of likely N-dealkylation sites (N-methyl/N-ethyl adjacent to an activating group) is 1. The van der Waals surface area contributed by atoms with Crippen molar-refractivity contribution < 1.29 is 44.3 Å². The molecule has 2 aromatic rings. The molecule has 3 aliphatic carbocycles. The summed E-state index contributed by atoms with van der Waals surface area (Å²) in [4.78, 5) is 55.6. The lowest BCUT2D eigenvalue weighted by Crippen LogP contribution is -2.65. The summed E-state index contributed by atoms with van der Waals surface area (Å²) in [6, 6.07) is 6.69. The van der Waals surface area contributed by atoms with Crippen molar-refractivity contribution in [1.82, 2.24) is 10.2 Å². The zero-order chi connectivity index (χ0) is 33.1. The Morgan fingerprint density at radius 1 is 1.09 bits per heavy atom. The van der Waals surface area contributed by atoms with E-state index in [2.05, 4.69) is 5.32 Å². The Bertz CT molecular complexity index is 1700. The molecular weight excluding hydrogens is 606 g/mol. The monoisotopic (exact) mass is 639 g/mol. The number of amides is 1. The van der Waals surface area contributed by atoms with Gasteiger partial charge < -0.3 is 35.4 Å². The standard InChI is InChI=1S/C32H34ClN3O9/c1-14(37)22-28(40)25(36(4)5)20-11-15-10-19-21(35(2)3)12-16(13-34-31(43)45-18-8-6-17(33)7-9-18)26(38)24(19)27(39)23(15)30(42)32(20,44)29(22)41/h6-9,12,15,20,25,38-39,41,44H,10-11,13H2,1-5H3,(H,34,43)/t15-,20-,25-,32+/m0/s1. The van der Waals surface area contributed by atoms with Crippen molar-refractivity contribution in [1.29, 1.82) is 0 Å². The van der Waals surface area contributed by atoms with E-state index in [4.69, 9.17) is 16.3 Å². The van der Waals surface area contributed by atoms with Gasteiger partial charge in [0, 0.05) is 48.4 Å². The Kier molecular flexibility index (Phi) is 8.19. The molecule has 1 saturated carbocycles. The van der Waals surface area contributed by atoms with Crippen molar-refractivity contribution >= 4 is 46.5 Å². The number of anilines is 1. The fourth-order valence-corrected chi connectivity index (χ4v) is 6.92. The highest BCUT2D eigenvalue weighted by molar-refractivity contribution is 6.30. The summed E-state index contributed by atoms with van der Waals surface area (Å²) in [5.74, 6) is -6.15. The molecule has 0 heterocycles. The molecule has 45 heavy (non-hydrogen) atoms. The van der Waals surface area contributed by atoms with Crippen LogP contribution in [0.25, 0.3) is 5.76 Å². The second-order valence-corrected chi connectivity index (χ2v) is 12.4. The number of nitrogens with zero attached hydrogens (tertiary/aromatic N) is 2.